The molecule has 1 heterocycles. The molecule has 1 unspecified atom stereocenters. The molecule has 0 aliphatic carbocycles. The van der Waals surface area contributed by atoms with Crippen molar-refractivity contribution in [2.75, 3.05) is 11.5 Å². The van der Waals surface area contributed by atoms with Gasteiger partial charge in [0.2, 0.25) is 0 Å². The zero-order valence-corrected chi connectivity index (χ0v) is 15.3. The van der Waals surface area contributed by atoms with E-state index in [9.17, 15) is 8.42 Å². The van der Waals surface area contributed by atoms with Crippen LogP contribution in [0.4, 0.5) is 0 Å². The Hall–Kier alpha value is 0.730. The smallest absolute Gasteiger partial charge is 0.458 e. The van der Waals surface area contributed by atoms with Gasteiger partial charge in [0.05, 0.1) is 6.10 Å². The van der Waals surface area contributed by atoms with E-state index < -0.39 is 10.0 Å². The second-order valence-electron chi connectivity index (χ2n) is 3.87. The van der Waals surface area contributed by atoms with Crippen LogP contribution >= 0.6 is 23.5 Å². The van der Waals surface area contributed by atoms with E-state index in [2.05, 4.69) is 4.24 Å². The monoisotopic (exact) mass is 331 g/mol. The van der Waals surface area contributed by atoms with Gasteiger partial charge in [0.1, 0.15) is 10.0 Å². The van der Waals surface area contributed by atoms with Crippen LogP contribution in [0.1, 0.15) is 12.0 Å². The van der Waals surface area contributed by atoms with Crippen LogP contribution in [-0.4, -0.2) is 31.1 Å². The number of hydrogen-bond donors (Lipinski definition) is 1. The van der Waals surface area contributed by atoms with Gasteiger partial charge in [-0.25, -0.2) is 8.42 Å². The van der Waals surface area contributed by atoms with Gasteiger partial charge < -0.3 is 9.35 Å². The van der Waals surface area contributed by atoms with E-state index in [0.717, 1.165) is 23.5 Å². The largest absolute Gasteiger partial charge is 1.00 e. The molecule has 0 bridgehead atoms. The molecule has 0 aromatic heterocycles. The van der Waals surface area contributed by atoms with Gasteiger partial charge in [0.15, 0.2) is 0 Å². The molecular formula is C11H15ClNNaO3S2. The molecule has 0 amide bonds. The first-order valence-electron chi connectivity index (χ1n) is 5.36. The van der Waals surface area contributed by atoms with Crippen molar-refractivity contribution >= 4 is 33.6 Å². The van der Waals surface area contributed by atoms with Gasteiger partial charge in [-0.3, -0.25) is 11.8 Å². The maximum atomic E-state index is 11.0. The Labute approximate surface area is 145 Å². The average Bonchev–Trinajstić information content (AvgIpc) is 2.82. The number of benzene rings is 1. The van der Waals surface area contributed by atoms with E-state index in [1.165, 1.54) is 12.1 Å². The fourth-order valence-electron chi connectivity index (χ4n) is 1.27. The van der Waals surface area contributed by atoms with E-state index in [1.807, 2.05) is 18.7 Å². The first-order valence-corrected chi connectivity index (χ1v) is 8.30. The summed E-state index contributed by atoms with van der Waals surface area (Å²) in [6.45, 7) is 1.87. The SMILES string of the molecule is Cc1ccc(S(=O)(=O)[N-]Cl)cc1.OC1CCSC1.[Na+]. The van der Waals surface area contributed by atoms with Crippen molar-refractivity contribution in [2.45, 2.75) is 24.3 Å². The molecule has 0 spiro atoms. The molecule has 102 valence electrons. The second kappa shape index (κ2) is 9.63. The number of thioether (sulfide) groups is 1. The van der Waals surface area contributed by atoms with Crippen molar-refractivity contribution in [1.29, 1.82) is 0 Å². The fraction of sp³-hybridized carbons (Fsp3) is 0.455. The minimum absolute atomic E-state index is 0. The number of hydrogen-bond acceptors (Lipinski definition) is 4. The topological polar surface area (TPSA) is 68.5 Å². The summed E-state index contributed by atoms with van der Waals surface area (Å²) in [5, 5.41) is 8.71. The Balaban J connectivity index is 0.000000392. The van der Waals surface area contributed by atoms with Gasteiger partial charge in [-0.2, -0.15) is 11.8 Å². The van der Waals surface area contributed by atoms with Gasteiger partial charge in [0, 0.05) is 10.6 Å². The van der Waals surface area contributed by atoms with Gasteiger partial charge in [-0.05, 0) is 31.2 Å². The number of rotatable bonds is 2. The molecule has 19 heavy (non-hydrogen) atoms. The normalized spacial score (nSPS) is 18.2. The van der Waals surface area contributed by atoms with E-state index in [1.54, 1.807) is 12.1 Å². The number of nitrogens with zero attached hydrogens (tertiary/aromatic N) is 1. The van der Waals surface area contributed by atoms with Crippen LogP contribution < -0.4 is 29.6 Å². The summed E-state index contributed by atoms with van der Waals surface area (Å²) >= 11 is 6.74. The van der Waals surface area contributed by atoms with Crippen LogP contribution in [0.5, 0.6) is 0 Å². The molecule has 1 atom stereocenters. The third kappa shape index (κ3) is 7.34. The second-order valence-corrected chi connectivity index (χ2v) is 7.00. The fourth-order valence-corrected chi connectivity index (χ4v) is 3.12. The van der Waals surface area contributed by atoms with Crippen molar-refractivity contribution in [3.8, 4) is 0 Å². The summed E-state index contributed by atoms with van der Waals surface area (Å²) in [6.07, 6.45) is 1.01. The van der Waals surface area contributed by atoms with Gasteiger partial charge in [-0.15, -0.1) is 0 Å². The first kappa shape index (κ1) is 19.7. The van der Waals surface area contributed by atoms with Crippen LogP contribution in [0.25, 0.3) is 4.24 Å². The predicted molar refractivity (Wildman–Crippen MR) is 75.5 cm³/mol. The summed E-state index contributed by atoms with van der Waals surface area (Å²) in [6, 6.07) is 6.32. The van der Waals surface area contributed by atoms with Crippen molar-refractivity contribution in [3.63, 3.8) is 0 Å². The molecule has 8 heteroatoms. The van der Waals surface area contributed by atoms with Crippen LogP contribution in [0.3, 0.4) is 0 Å². The average molecular weight is 332 g/mol. The van der Waals surface area contributed by atoms with Crippen molar-refractivity contribution < 1.29 is 43.1 Å². The molecule has 1 aliphatic heterocycles. The quantitative estimate of drug-likeness (QED) is 0.756. The molecule has 1 aromatic carbocycles. The zero-order chi connectivity index (χ0) is 13.6. The number of halogens is 1. The zero-order valence-electron chi connectivity index (χ0n) is 10.9. The van der Waals surface area contributed by atoms with E-state index in [4.69, 9.17) is 16.9 Å². The molecule has 0 saturated carbocycles. The minimum atomic E-state index is -3.62. The summed E-state index contributed by atoms with van der Waals surface area (Å²) < 4.78 is 24.8. The van der Waals surface area contributed by atoms with Crippen LogP contribution in [0.2, 0.25) is 0 Å². The number of aliphatic hydroxyl groups is 1. The standard InChI is InChI=1S/C7H7ClNO2S.C4H8OS.Na/c1-6-2-4-7(5-3-6)12(10,11)9-8;5-4-1-2-6-3-4;/h2-5H,1H3;4-5H,1-3H2;/q-1;;+1. The van der Waals surface area contributed by atoms with Crippen LogP contribution in [-0.2, 0) is 10.0 Å². The minimum Gasteiger partial charge on any atom is -0.458 e. The van der Waals surface area contributed by atoms with Crippen molar-refractivity contribution in [2.24, 2.45) is 0 Å². The van der Waals surface area contributed by atoms with Gasteiger partial charge >= 0.3 is 29.6 Å². The Morgan fingerprint density at radius 3 is 2.26 bits per heavy atom. The molecule has 1 N–H and O–H groups in total. The van der Waals surface area contributed by atoms with Crippen LogP contribution in [0, 0.1) is 6.92 Å². The van der Waals surface area contributed by atoms with Crippen molar-refractivity contribution in [3.05, 3.63) is 34.1 Å². The van der Waals surface area contributed by atoms with Crippen molar-refractivity contribution in [1.82, 2.24) is 0 Å². The van der Waals surface area contributed by atoms with Gasteiger partial charge in [-0.1, -0.05) is 17.7 Å². The number of aryl methyl sites for hydroxylation is 1. The van der Waals surface area contributed by atoms with Crippen LogP contribution in [0.15, 0.2) is 29.2 Å². The summed E-state index contributed by atoms with van der Waals surface area (Å²) in [5.41, 5.74) is 0.989. The maximum Gasteiger partial charge on any atom is 1.00 e. The third-order valence-corrected chi connectivity index (χ3v) is 5.05. The summed E-state index contributed by atoms with van der Waals surface area (Å²) in [5.74, 6) is 2.11. The van der Waals surface area contributed by atoms with E-state index in [-0.39, 0.29) is 40.6 Å². The van der Waals surface area contributed by atoms with Gasteiger partial charge in [0.25, 0.3) is 0 Å². The predicted octanol–water partition coefficient (Wildman–Crippen LogP) is -0.301. The molecule has 0 radical (unpaired) electrons. The number of aliphatic hydroxyl groups excluding tert-OH is 1. The summed E-state index contributed by atoms with van der Waals surface area (Å²) in [4.78, 5) is 0.114. The third-order valence-electron chi connectivity index (χ3n) is 2.32. The molecule has 4 nitrogen and oxygen atoms in total. The Bertz CT molecular complexity index is 461. The first-order chi connectivity index (χ1) is 8.45. The molecule has 1 aliphatic rings. The Morgan fingerprint density at radius 1 is 1.37 bits per heavy atom. The molecule has 1 fully saturated rings. The number of sulfonamides is 1. The van der Waals surface area contributed by atoms with E-state index in [0.29, 0.717) is 0 Å². The summed E-state index contributed by atoms with van der Waals surface area (Å²) in [7, 11) is -3.62. The maximum absolute atomic E-state index is 11.0. The molecular weight excluding hydrogens is 317 g/mol. The Morgan fingerprint density at radius 2 is 1.95 bits per heavy atom. The Kier molecular flexibility index (Phi) is 10.00. The molecule has 1 aromatic rings. The van der Waals surface area contributed by atoms with E-state index >= 15 is 0 Å². The molecule has 1 saturated heterocycles. The molecule has 2 rings (SSSR count).